The first-order valence-corrected chi connectivity index (χ1v) is 6.85. The molecule has 1 aromatic carbocycles. The summed E-state index contributed by atoms with van der Waals surface area (Å²) in [4.78, 5) is 35.3. The molecule has 0 bridgehead atoms. The molecular weight excluding hydrogens is 315 g/mol. The summed E-state index contributed by atoms with van der Waals surface area (Å²) >= 11 is 5.63. The van der Waals surface area contributed by atoms with E-state index in [4.69, 9.17) is 16.7 Å². The number of aliphatic carboxylic acids is 1. The van der Waals surface area contributed by atoms with Gasteiger partial charge >= 0.3 is 5.97 Å². The van der Waals surface area contributed by atoms with Gasteiger partial charge in [-0.2, -0.15) is 0 Å². The van der Waals surface area contributed by atoms with Crippen LogP contribution >= 0.6 is 11.6 Å². The van der Waals surface area contributed by atoms with E-state index in [2.05, 4.69) is 5.32 Å². The lowest BCUT2D eigenvalue weighted by atomic mass is 10.1. The number of nitrogens with one attached hydrogen (secondary N) is 1. The molecule has 0 aliphatic heterocycles. The SMILES string of the molecule is CC(=O)NCCN(C(=O)c1ccc(Cl)cc1F)C(C)C(=O)O. The molecule has 2 amide bonds. The Morgan fingerprint density at radius 1 is 1.41 bits per heavy atom. The van der Waals surface area contributed by atoms with Gasteiger partial charge < -0.3 is 15.3 Å². The fourth-order valence-corrected chi connectivity index (χ4v) is 1.93. The summed E-state index contributed by atoms with van der Waals surface area (Å²) in [6, 6.07) is 2.35. The molecule has 0 aliphatic carbocycles. The van der Waals surface area contributed by atoms with Crippen molar-refractivity contribution >= 4 is 29.4 Å². The van der Waals surface area contributed by atoms with Gasteiger partial charge in [-0.25, -0.2) is 9.18 Å². The molecule has 1 aromatic rings. The lowest BCUT2D eigenvalue weighted by molar-refractivity contribution is -0.141. The second kappa shape index (κ2) is 7.74. The first-order valence-electron chi connectivity index (χ1n) is 6.47. The average molecular weight is 331 g/mol. The first-order chi connectivity index (χ1) is 10.2. The molecule has 120 valence electrons. The van der Waals surface area contributed by atoms with Gasteiger partial charge in [0.25, 0.3) is 5.91 Å². The second-order valence-corrected chi connectivity index (χ2v) is 5.06. The molecule has 0 heterocycles. The van der Waals surface area contributed by atoms with Crippen LogP contribution in [0.4, 0.5) is 4.39 Å². The van der Waals surface area contributed by atoms with Crippen molar-refractivity contribution in [2.45, 2.75) is 19.9 Å². The molecule has 1 rings (SSSR count). The smallest absolute Gasteiger partial charge is 0.326 e. The third-order valence-electron chi connectivity index (χ3n) is 2.97. The normalized spacial score (nSPS) is 11.6. The van der Waals surface area contributed by atoms with Crippen LogP contribution in [0.15, 0.2) is 18.2 Å². The first kappa shape index (κ1) is 17.9. The van der Waals surface area contributed by atoms with Gasteiger partial charge in [-0.15, -0.1) is 0 Å². The molecular formula is C14H16ClFN2O4. The van der Waals surface area contributed by atoms with Crippen LogP contribution in [0.25, 0.3) is 0 Å². The van der Waals surface area contributed by atoms with Gasteiger partial charge in [-0.3, -0.25) is 9.59 Å². The summed E-state index contributed by atoms with van der Waals surface area (Å²) < 4.78 is 13.8. The second-order valence-electron chi connectivity index (χ2n) is 4.62. The lowest BCUT2D eigenvalue weighted by Crippen LogP contribution is -2.47. The van der Waals surface area contributed by atoms with Crippen molar-refractivity contribution < 1.29 is 23.9 Å². The number of rotatable bonds is 6. The van der Waals surface area contributed by atoms with Crippen LogP contribution in [0.5, 0.6) is 0 Å². The van der Waals surface area contributed by atoms with Crippen molar-refractivity contribution in [1.29, 1.82) is 0 Å². The number of carboxylic acids is 1. The van der Waals surface area contributed by atoms with Gasteiger partial charge in [0.2, 0.25) is 5.91 Å². The number of carboxylic acid groups (broad SMARTS) is 1. The zero-order valence-corrected chi connectivity index (χ0v) is 12.9. The summed E-state index contributed by atoms with van der Waals surface area (Å²) in [6.07, 6.45) is 0. The number of benzene rings is 1. The maximum Gasteiger partial charge on any atom is 0.326 e. The van der Waals surface area contributed by atoms with Crippen molar-refractivity contribution in [1.82, 2.24) is 10.2 Å². The summed E-state index contributed by atoms with van der Waals surface area (Å²) in [5.41, 5.74) is -0.277. The van der Waals surface area contributed by atoms with Crippen molar-refractivity contribution in [3.63, 3.8) is 0 Å². The average Bonchev–Trinajstić information content (AvgIpc) is 2.42. The molecule has 1 atom stereocenters. The fourth-order valence-electron chi connectivity index (χ4n) is 1.77. The molecule has 1 unspecified atom stereocenters. The van der Waals surface area contributed by atoms with Crippen molar-refractivity contribution in [3.8, 4) is 0 Å². The Labute approximate surface area is 131 Å². The highest BCUT2D eigenvalue weighted by Crippen LogP contribution is 2.17. The van der Waals surface area contributed by atoms with E-state index in [1.165, 1.54) is 26.0 Å². The molecule has 6 nitrogen and oxygen atoms in total. The van der Waals surface area contributed by atoms with Crippen LogP contribution in [0.3, 0.4) is 0 Å². The molecule has 0 aliphatic rings. The van der Waals surface area contributed by atoms with E-state index in [1.807, 2.05) is 0 Å². The minimum atomic E-state index is -1.23. The van der Waals surface area contributed by atoms with E-state index in [9.17, 15) is 18.8 Å². The van der Waals surface area contributed by atoms with E-state index < -0.39 is 23.7 Å². The predicted molar refractivity (Wildman–Crippen MR) is 78.2 cm³/mol. The summed E-state index contributed by atoms with van der Waals surface area (Å²) in [6.45, 7) is 2.61. The Kier molecular flexibility index (Phi) is 6.30. The highest BCUT2D eigenvalue weighted by Gasteiger charge is 2.27. The molecule has 0 saturated heterocycles. The summed E-state index contributed by atoms with van der Waals surface area (Å²) in [5.74, 6) is -3.16. The summed E-state index contributed by atoms with van der Waals surface area (Å²) in [7, 11) is 0. The van der Waals surface area contributed by atoms with E-state index >= 15 is 0 Å². The lowest BCUT2D eigenvalue weighted by Gasteiger charge is -2.26. The van der Waals surface area contributed by atoms with Crippen LogP contribution in [-0.4, -0.2) is 46.9 Å². The monoisotopic (exact) mass is 330 g/mol. The minimum absolute atomic E-state index is 0.0616. The molecule has 8 heteroatoms. The molecule has 0 fully saturated rings. The number of halogens is 2. The molecule has 0 radical (unpaired) electrons. The third-order valence-corrected chi connectivity index (χ3v) is 3.21. The van der Waals surface area contributed by atoms with Crippen LogP contribution in [0.2, 0.25) is 5.02 Å². The maximum atomic E-state index is 13.8. The number of amides is 2. The maximum absolute atomic E-state index is 13.8. The van der Waals surface area contributed by atoms with E-state index in [-0.39, 0.29) is 29.6 Å². The number of carbonyl (C=O) groups is 3. The number of carbonyl (C=O) groups excluding carboxylic acids is 2. The molecule has 0 spiro atoms. The van der Waals surface area contributed by atoms with Crippen molar-refractivity contribution in [2.75, 3.05) is 13.1 Å². The Morgan fingerprint density at radius 2 is 2.05 bits per heavy atom. The predicted octanol–water partition coefficient (Wildman–Crippen LogP) is 1.53. The van der Waals surface area contributed by atoms with E-state index in [1.54, 1.807) is 0 Å². The Morgan fingerprint density at radius 3 is 2.55 bits per heavy atom. The third kappa shape index (κ3) is 4.70. The summed E-state index contributed by atoms with van der Waals surface area (Å²) in [5, 5.41) is 11.7. The molecule has 0 saturated carbocycles. The minimum Gasteiger partial charge on any atom is -0.480 e. The Hall–Kier alpha value is -2.15. The highest BCUT2D eigenvalue weighted by molar-refractivity contribution is 6.30. The van der Waals surface area contributed by atoms with Gasteiger partial charge in [0.05, 0.1) is 5.56 Å². The number of nitrogens with zero attached hydrogens (tertiary/aromatic N) is 1. The molecule has 22 heavy (non-hydrogen) atoms. The molecule has 0 aromatic heterocycles. The zero-order valence-electron chi connectivity index (χ0n) is 12.1. The van der Waals surface area contributed by atoms with Crippen molar-refractivity contribution in [2.24, 2.45) is 0 Å². The van der Waals surface area contributed by atoms with Crippen molar-refractivity contribution in [3.05, 3.63) is 34.6 Å². The Balaban J connectivity index is 3.00. The van der Waals surface area contributed by atoms with Crippen LogP contribution in [0.1, 0.15) is 24.2 Å². The van der Waals surface area contributed by atoms with Gasteiger partial charge in [0.1, 0.15) is 11.9 Å². The van der Waals surface area contributed by atoms with Gasteiger partial charge in [0, 0.05) is 25.0 Å². The standard InChI is InChI=1S/C14H16ClFN2O4/c1-8(14(21)22)18(6-5-17-9(2)19)13(20)11-4-3-10(15)7-12(11)16/h3-4,7-8H,5-6H2,1-2H3,(H,17,19)(H,21,22). The molecule has 2 N–H and O–H groups in total. The quantitative estimate of drug-likeness (QED) is 0.828. The Bertz CT molecular complexity index is 594. The van der Waals surface area contributed by atoms with Crippen LogP contribution in [0, 0.1) is 5.82 Å². The van der Waals surface area contributed by atoms with Gasteiger partial charge in [-0.05, 0) is 25.1 Å². The number of hydrogen-bond acceptors (Lipinski definition) is 3. The van der Waals surface area contributed by atoms with Gasteiger partial charge in [0.15, 0.2) is 0 Å². The van der Waals surface area contributed by atoms with Gasteiger partial charge in [-0.1, -0.05) is 11.6 Å². The topological polar surface area (TPSA) is 86.7 Å². The largest absolute Gasteiger partial charge is 0.480 e. The highest BCUT2D eigenvalue weighted by atomic mass is 35.5. The zero-order chi connectivity index (χ0) is 16.9. The fraction of sp³-hybridized carbons (Fsp3) is 0.357. The van der Waals surface area contributed by atoms with Crippen LogP contribution in [-0.2, 0) is 9.59 Å². The number of hydrogen-bond donors (Lipinski definition) is 2. The van der Waals surface area contributed by atoms with Crippen LogP contribution < -0.4 is 5.32 Å². The van der Waals surface area contributed by atoms with E-state index in [0.29, 0.717) is 0 Å². The van der Waals surface area contributed by atoms with E-state index in [0.717, 1.165) is 11.0 Å².